The van der Waals surface area contributed by atoms with E-state index in [4.69, 9.17) is 11.6 Å². The lowest BCUT2D eigenvalue weighted by atomic mass is 10.0. The van der Waals surface area contributed by atoms with E-state index in [0.29, 0.717) is 16.1 Å². The highest BCUT2D eigenvalue weighted by molar-refractivity contribution is 6.31. The van der Waals surface area contributed by atoms with Crippen LogP contribution in [0.25, 0.3) is 10.9 Å². The minimum absolute atomic E-state index is 0.0339. The molecular formula is C16H11ClFNO. The number of H-pyrrole nitrogens is 1. The number of fused-ring (bicyclic) bond motifs is 1. The van der Waals surface area contributed by atoms with Gasteiger partial charge in [0, 0.05) is 34.1 Å². The number of halogens is 2. The SMILES string of the molecule is O=C(Cc1ccccc1F)c1c[nH]c2ccc(Cl)cc12. The molecule has 0 aliphatic heterocycles. The zero-order valence-corrected chi connectivity index (χ0v) is 11.2. The van der Waals surface area contributed by atoms with E-state index in [1.165, 1.54) is 6.07 Å². The molecule has 0 spiro atoms. The van der Waals surface area contributed by atoms with Crippen LogP contribution in [0.4, 0.5) is 4.39 Å². The van der Waals surface area contributed by atoms with Crippen LogP contribution in [-0.2, 0) is 6.42 Å². The van der Waals surface area contributed by atoms with Gasteiger partial charge in [0.1, 0.15) is 5.82 Å². The second-order valence-corrected chi connectivity index (χ2v) is 5.02. The van der Waals surface area contributed by atoms with Crippen molar-refractivity contribution < 1.29 is 9.18 Å². The van der Waals surface area contributed by atoms with Gasteiger partial charge in [-0.1, -0.05) is 29.8 Å². The fourth-order valence-corrected chi connectivity index (χ4v) is 2.41. The molecule has 0 atom stereocenters. The van der Waals surface area contributed by atoms with E-state index in [-0.39, 0.29) is 18.0 Å². The highest BCUT2D eigenvalue weighted by atomic mass is 35.5. The summed E-state index contributed by atoms with van der Waals surface area (Å²) < 4.78 is 13.6. The third kappa shape index (κ3) is 2.32. The van der Waals surface area contributed by atoms with Crippen LogP contribution >= 0.6 is 11.6 Å². The summed E-state index contributed by atoms with van der Waals surface area (Å²) in [5.41, 5.74) is 1.77. The standard InChI is InChI=1S/C16H11ClFNO/c17-11-5-6-15-12(8-11)13(9-19-15)16(20)7-10-3-1-2-4-14(10)18/h1-6,8-9,19H,7H2. The molecule has 0 radical (unpaired) electrons. The minimum atomic E-state index is -0.362. The first kappa shape index (κ1) is 12.9. The average Bonchev–Trinajstić information content (AvgIpc) is 2.84. The number of aromatic nitrogens is 1. The van der Waals surface area contributed by atoms with Crippen molar-refractivity contribution in [1.29, 1.82) is 0 Å². The van der Waals surface area contributed by atoms with Gasteiger partial charge in [-0.05, 0) is 29.8 Å². The number of benzene rings is 2. The molecule has 0 bridgehead atoms. The summed E-state index contributed by atoms with van der Waals surface area (Å²) in [5, 5.41) is 1.33. The number of hydrogen-bond donors (Lipinski definition) is 1. The van der Waals surface area contributed by atoms with Gasteiger partial charge in [0.25, 0.3) is 0 Å². The predicted octanol–water partition coefficient (Wildman–Crippen LogP) is 4.39. The first-order valence-corrected chi connectivity index (χ1v) is 6.56. The third-order valence-corrected chi connectivity index (χ3v) is 3.49. The van der Waals surface area contributed by atoms with Crippen molar-refractivity contribution in [3.8, 4) is 0 Å². The number of ketones is 1. The van der Waals surface area contributed by atoms with Gasteiger partial charge in [0.2, 0.25) is 0 Å². The summed E-state index contributed by atoms with van der Waals surface area (Å²) in [4.78, 5) is 15.3. The van der Waals surface area contributed by atoms with E-state index in [9.17, 15) is 9.18 Å². The zero-order chi connectivity index (χ0) is 14.1. The first-order chi connectivity index (χ1) is 9.65. The maximum atomic E-state index is 13.6. The highest BCUT2D eigenvalue weighted by Crippen LogP contribution is 2.23. The van der Waals surface area contributed by atoms with Gasteiger partial charge in [0.15, 0.2) is 5.78 Å². The molecule has 1 heterocycles. The van der Waals surface area contributed by atoms with Crippen molar-refractivity contribution in [3.05, 3.63) is 70.6 Å². The molecule has 100 valence electrons. The summed E-state index contributed by atoms with van der Waals surface area (Å²) in [6.45, 7) is 0. The number of Topliss-reactive ketones (excluding diaryl/α,β-unsaturated/α-hetero) is 1. The second-order valence-electron chi connectivity index (χ2n) is 4.58. The molecule has 0 unspecified atom stereocenters. The molecule has 3 rings (SSSR count). The number of aromatic amines is 1. The smallest absolute Gasteiger partial charge is 0.169 e. The summed E-state index contributed by atoms with van der Waals surface area (Å²) in [6.07, 6.45) is 1.68. The number of nitrogens with one attached hydrogen (secondary N) is 1. The Labute approximate surface area is 120 Å². The summed E-state index contributed by atoms with van der Waals surface area (Å²) in [7, 11) is 0. The first-order valence-electron chi connectivity index (χ1n) is 6.18. The molecule has 2 aromatic carbocycles. The quantitative estimate of drug-likeness (QED) is 0.712. The molecule has 1 N–H and O–H groups in total. The maximum absolute atomic E-state index is 13.6. The Balaban J connectivity index is 1.97. The van der Waals surface area contributed by atoms with Crippen molar-refractivity contribution in [1.82, 2.24) is 4.98 Å². The lowest BCUT2D eigenvalue weighted by Gasteiger charge is -2.02. The highest BCUT2D eigenvalue weighted by Gasteiger charge is 2.14. The molecule has 0 aliphatic carbocycles. The fraction of sp³-hybridized carbons (Fsp3) is 0.0625. The van der Waals surface area contributed by atoms with Crippen molar-refractivity contribution in [2.75, 3.05) is 0 Å². The Morgan fingerprint density at radius 1 is 1.20 bits per heavy atom. The van der Waals surface area contributed by atoms with Crippen molar-refractivity contribution in [2.45, 2.75) is 6.42 Å². The van der Waals surface area contributed by atoms with Crippen LogP contribution in [0.2, 0.25) is 5.02 Å². The summed E-state index contributed by atoms with van der Waals surface area (Å²) >= 11 is 5.95. The second kappa shape index (κ2) is 5.10. The predicted molar refractivity (Wildman–Crippen MR) is 77.7 cm³/mol. The van der Waals surface area contributed by atoms with E-state index >= 15 is 0 Å². The van der Waals surface area contributed by atoms with E-state index in [1.54, 1.807) is 36.5 Å². The topological polar surface area (TPSA) is 32.9 Å². The third-order valence-electron chi connectivity index (χ3n) is 3.25. The van der Waals surface area contributed by atoms with Crippen LogP contribution in [0.1, 0.15) is 15.9 Å². The van der Waals surface area contributed by atoms with Crippen molar-refractivity contribution in [3.63, 3.8) is 0 Å². The van der Waals surface area contributed by atoms with Crippen molar-refractivity contribution >= 4 is 28.3 Å². The Hall–Kier alpha value is -2.13. The molecule has 2 nitrogen and oxygen atoms in total. The van der Waals surface area contributed by atoms with Crippen molar-refractivity contribution in [2.24, 2.45) is 0 Å². The van der Waals surface area contributed by atoms with E-state index in [2.05, 4.69) is 4.98 Å². The van der Waals surface area contributed by atoms with Gasteiger partial charge in [0.05, 0.1) is 0 Å². The Bertz CT molecular complexity index is 794. The number of carbonyl (C=O) groups excluding carboxylic acids is 1. The van der Waals surface area contributed by atoms with Crippen LogP contribution in [0.15, 0.2) is 48.7 Å². The van der Waals surface area contributed by atoms with Crippen LogP contribution in [0, 0.1) is 5.82 Å². The summed E-state index contributed by atoms with van der Waals surface area (Å²) in [5.74, 6) is -0.498. The number of hydrogen-bond acceptors (Lipinski definition) is 1. The van der Waals surface area contributed by atoms with Crippen LogP contribution in [0.5, 0.6) is 0 Å². The molecule has 3 aromatic rings. The fourth-order valence-electron chi connectivity index (χ4n) is 2.23. The van der Waals surface area contributed by atoms with Gasteiger partial charge >= 0.3 is 0 Å². The molecule has 4 heteroatoms. The van der Waals surface area contributed by atoms with E-state index in [1.807, 2.05) is 6.07 Å². The average molecular weight is 288 g/mol. The molecule has 0 aliphatic rings. The van der Waals surface area contributed by atoms with Gasteiger partial charge in [-0.25, -0.2) is 4.39 Å². The molecule has 0 fully saturated rings. The molecule has 20 heavy (non-hydrogen) atoms. The lowest BCUT2D eigenvalue weighted by molar-refractivity contribution is 0.0993. The Kier molecular flexibility index (Phi) is 3.28. The van der Waals surface area contributed by atoms with Crippen LogP contribution in [0.3, 0.4) is 0 Å². The minimum Gasteiger partial charge on any atom is -0.360 e. The van der Waals surface area contributed by atoms with Gasteiger partial charge in [-0.3, -0.25) is 4.79 Å². The van der Waals surface area contributed by atoms with Crippen LogP contribution < -0.4 is 0 Å². The lowest BCUT2D eigenvalue weighted by Crippen LogP contribution is -2.04. The Morgan fingerprint density at radius 2 is 2.00 bits per heavy atom. The number of rotatable bonds is 3. The number of carbonyl (C=O) groups is 1. The maximum Gasteiger partial charge on any atom is 0.169 e. The van der Waals surface area contributed by atoms with Gasteiger partial charge in [-0.15, -0.1) is 0 Å². The molecule has 0 saturated heterocycles. The van der Waals surface area contributed by atoms with Gasteiger partial charge in [-0.2, -0.15) is 0 Å². The van der Waals surface area contributed by atoms with Crippen LogP contribution in [-0.4, -0.2) is 10.8 Å². The molecule has 0 saturated carbocycles. The normalized spacial score (nSPS) is 10.9. The Morgan fingerprint density at radius 3 is 2.80 bits per heavy atom. The molecular weight excluding hydrogens is 277 g/mol. The largest absolute Gasteiger partial charge is 0.360 e. The molecule has 1 aromatic heterocycles. The monoisotopic (exact) mass is 287 g/mol. The zero-order valence-electron chi connectivity index (χ0n) is 10.5. The molecule has 0 amide bonds. The van der Waals surface area contributed by atoms with E-state index < -0.39 is 0 Å². The van der Waals surface area contributed by atoms with E-state index in [0.717, 1.165) is 10.9 Å². The van der Waals surface area contributed by atoms with Gasteiger partial charge < -0.3 is 4.98 Å². The summed E-state index contributed by atoms with van der Waals surface area (Å²) in [6, 6.07) is 11.6.